The van der Waals surface area contributed by atoms with Crippen molar-refractivity contribution in [3.05, 3.63) is 29.8 Å². The van der Waals surface area contributed by atoms with Crippen molar-refractivity contribution >= 4 is 29.7 Å². The number of nitrogens with zero attached hydrogens (tertiary/aromatic N) is 3. The van der Waals surface area contributed by atoms with Crippen LogP contribution in [-0.4, -0.2) is 84.2 Å². The van der Waals surface area contributed by atoms with E-state index in [1.165, 1.54) is 31.0 Å². The summed E-state index contributed by atoms with van der Waals surface area (Å²) >= 11 is 1.43. The number of carbonyl (C=O) groups excluding carboxylic acids is 3. The van der Waals surface area contributed by atoms with Gasteiger partial charge in [0.2, 0.25) is 5.91 Å². The van der Waals surface area contributed by atoms with Crippen LogP contribution in [0.15, 0.2) is 29.2 Å². The minimum Gasteiger partial charge on any atom is -0.449 e. The van der Waals surface area contributed by atoms with E-state index in [0.29, 0.717) is 56.1 Å². The van der Waals surface area contributed by atoms with Crippen LogP contribution >= 0.6 is 11.8 Å². The van der Waals surface area contributed by atoms with Crippen LogP contribution in [0.3, 0.4) is 0 Å². The quantitative estimate of drug-likeness (QED) is 0.555. The molecule has 1 aromatic carbocycles. The predicted octanol–water partition coefficient (Wildman–Crippen LogP) is 4.12. The van der Waals surface area contributed by atoms with Crippen LogP contribution in [0.4, 0.5) is 4.79 Å². The lowest BCUT2D eigenvalue weighted by molar-refractivity contribution is -0.129. The fourth-order valence-corrected chi connectivity index (χ4v) is 5.24. The van der Waals surface area contributed by atoms with E-state index in [9.17, 15) is 14.4 Å². The van der Waals surface area contributed by atoms with E-state index in [-0.39, 0.29) is 17.9 Å². The molecule has 3 amide bonds. The second kappa shape index (κ2) is 12.3. The summed E-state index contributed by atoms with van der Waals surface area (Å²) in [4.78, 5) is 44.3. The molecule has 0 bridgehead atoms. The van der Waals surface area contributed by atoms with Crippen molar-refractivity contribution in [2.75, 3.05) is 45.6 Å². The lowest BCUT2D eigenvalue weighted by atomic mass is 9.94. The maximum absolute atomic E-state index is 13.2. The van der Waals surface area contributed by atoms with Crippen molar-refractivity contribution in [3.63, 3.8) is 0 Å². The summed E-state index contributed by atoms with van der Waals surface area (Å²) in [5.41, 5.74) is 0.617. The summed E-state index contributed by atoms with van der Waals surface area (Å²) in [6, 6.07) is 7.82. The molecule has 0 unspecified atom stereocenters. The Morgan fingerprint density at radius 2 is 1.67 bits per heavy atom. The Bertz CT molecular complexity index is 818. The highest BCUT2D eigenvalue weighted by Gasteiger charge is 2.27. The molecule has 1 aliphatic carbocycles. The summed E-state index contributed by atoms with van der Waals surface area (Å²) in [5, 5.41) is 0. The van der Waals surface area contributed by atoms with Crippen molar-refractivity contribution in [1.29, 1.82) is 0 Å². The molecule has 182 valence electrons. The van der Waals surface area contributed by atoms with Crippen LogP contribution < -0.4 is 0 Å². The molecule has 1 aromatic rings. The first-order valence-electron chi connectivity index (χ1n) is 12.0. The average molecular weight is 476 g/mol. The zero-order chi connectivity index (χ0) is 23.8. The van der Waals surface area contributed by atoms with Crippen LogP contribution in [0, 0.1) is 5.92 Å². The molecule has 0 atom stereocenters. The van der Waals surface area contributed by atoms with Gasteiger partial charge in [-0.15, -0.1) is 11.8 Å². The number of amides is 3. The number of carbonyl (C=O) groups is 3. The molecule has 7 nitrogen and oxygen atoms in total. The van der Waals surface area contributed by atoms with E-state index in [2.05, 4.69) is 0 Å². The van der Waals surface area contributed by atoms with E-state index in [4.69, 9.17) is 4.74 Å². The van der Waals surface area contributed by atoms with E-state index in [1.54, 1.807) is 9.80 Å². The van der Waals surface area contributed by atoms with Gasteiger partial charge in [-0.25, -0.2) is 4.79 Å². The highest BCUT2D eigenvalue weighted by molar-refractivity contribution is 8.00. The number of thioether (sulfide) groups is 1. The van der Waals surface area contributed by atoms with Gasteiger partial charge >= 0.3 is 6.09 Å². The molecule has 8 heteroatoms. The fraction of sp³-hybridized carbons (Fsp3) is 0.640. The molecule has 33 heavy (non-hydrogen) atoms. The summed E-state index contributed by atoms with van der Waals surface area (Å²) in [7, 11) is 1.90. The molecular weight excluding hydrogens is 438 g/mol. The Balaban J connectivity index is 1.53. The van der Waals surface area contributed by atoms with Crippen LogP contribution in [0.2, 0.25) is 0 Å². The number of ether oxygens (including phenoxy) is 1. The Morgan fingerprint density at radius 3 is 2.33 bits per heavy atom. The fourth-order valence-electron chi connectivity index (χ4n) is 4.27. The second-order valence-corrected chi connectivity index (χ2v) is 10.3. The van der Waals surface area contributed by atoms with Crippen LogP contribution in [-0.2, 0) is 9.53 Å². The van der Waals surface area contributed by atoms with Gasteiger partial charge in [0.25, 0.3) is 5.91 Å². The third-order valence-electron chi connectivity index (χ3n) is 6.35. The Kier molecular flexibility index (Phi) is 9.47. The molecular formula is C25H37N3O4S. The lowest BCUT2D eigenvalue weighted by Gasteiger charge is -2.34. The summed E-state index contributed by atoms with van der Waals surface area (Å²) < 4.78 is 5.30. The van der Waals surface area contributed by atoms with Crippen molar-refractivity contribution in [1.82, 2.24) is 14.7 Å². The van der Waals surface area contributed by atoms with Gasteiger partial charge in [-0.2, -0.15) is 0 Å². The molecule has 1 heterocycles. The van der Waals surface area contributed by atoms with Gasteiger partial charge < -0.3 is 19.4 Å². The minimum atomic E-state index is -0.313. The molecule has 0 spiro atoms. The minimum absolute atomic E-state index is 0.0543. The van der Waals surface area contributed by atoms with Crippen LogP contribution in [0.1, 0.15) is 56.3 Å². The smallest absolute Gasteiger partial charge is 0.409 e. The summed E-state index contributed by atoms with van der Waals surface area (Å²) in [5.74, 6) is 0.677. The zero-order valence-electron chi connectivity index (χ0n) is 20.1. The van der Waals surface area contributed by atoms with Gasteiger partial charge in [0.05, 0.1) is 17.9 Å². The first kappa shape index (κ1) is 25.4. The number of hydrogen-bond acceptors (Lipinski definition) is 5. The maximum Gasteiger partial charge on any atom is 0.409 e. The van der Waals surface area contributed by atoms with Crippen molar-refractivity contribution in [2.45, 2.75) is 56.9 Å². The predicted molar refractivity (Wildman–Crippen MR) is 130 cm³/mol. The van der Waals surface area contributed by atoms with Gasteiger partial charge in [0.15, 0.2) is 0 Å². The third kappa shape index (κ3) is 7.13. The Morgan fingerprint density at radius 1 is 1.03 bits per heavy atom. The summed E-state index contributed by atoms with van der Waals surface area (Å²) in [6.45, 7) is 6.26. The van der Waals surface area contributed by atoms with E-state index in [0.717, 1.165) is 17.7 Å². The Labute approximate surface area is 201 Å². The first-order chi connectivity index (χ1) is 15.9. The standard InChI is InChI=1S/C25H37N3O4S/c1-19(2)17-32-25(31)28-15-13-27(14-16-28)24(30)21-11-7-8-12-22(21)33-18-23(29)26(3)20-9-5-4-6-10-20/h7-8,11-12,19-20H,4-6,9-10,13-18H2,1-3H3. The largest absolute Gasteiger partial charge is 0.449 e. The second-order valence-electron chi connectivity index (χ2n) is 9.33. The Hall–Kier alpha value is -2.22. The normalized spacial score (nSPS) is 17.2. The molecule has 0 N–H and O–H groups in total. The molecule has 1 aliphatic heterocycles. The van der Waals surface area contributed by atoms with Gasteiger partial charge in [0, 0.05) is 44.2 Å². The van der Waals surface area contributed by atoms with Crippen LogP contribution in [0.5, 0.6) is 0 Å². The van der Waals surface area contributed by atoms with Crippen molar-refractivity contribution in [3.8, 4) is 0 Å². The number of hydrogen-bond donors (Lipinski definition) is 0. The molecule has 0 aromatic heterocycles. The monoisotopic (exact) mass is 475 g/mol. The number of piperazine rings is 1. The number of rotatable bonds is 7. The summed E-state index contributed by atoms with van der Waals surface area (Å²) in [6.07, 6.45) is 5.49. The molecule has 1 saturated heterocycles. The SMILES string of the molecule is CC(C)COC(=O)N1CCN(C(=O)c2ccccc2SCC(=O)N(C)C2CCCCC2)CC1. The zero-order valence-corrected chi connectivity index (χ0v) is 20.9. The molecule has 0 radical (unpaired) electrons. The topological polar surface area (TPSA) is 70.2 Å². The van der Waals surface area contributed by atoms with Gasteiger partial charge in [-0.3, -0.25) is 9.59 Å². The molecule has 2 aliphatic rings. The van der Waals surface area contributed by atoms with Crippen LogP contribution in [0.25, 0.3) is 0 Å². The van der Waals surface area contributed by atoms with E-state index in [1.807, 2.05) is 50.1 Å². The molecule has 3 rings (SSSR count). The van der Waals surface area contributed by atoms with Gasteiger partial charge in [-0.05, 0) is 30.9 Å². The van der Waals surface area contributed by atoms with Gasteiger partial charge in [-0.1, -0.05) is 45.2 Å². The van der Waals surface area contributed by atoms with E-state index >= 15 is 0 Å². The molecule has 1 saturated carbocycles. The lowest BCUT2D eigenvalue weighted by Crippen LogP contribution is -2.50. The van der Waals surface area contributed by atoms with Crippen molar-refractivity contribution < 1.29 is 19.1 Å². The third-order valence-corrected chi connectivity index (χ3v) is 7.41. The highest BCUT2D eigenvalue weighted by Crippen LogP contribution is 2.27. The average Bonchev–Trinajstić information content (AvgIpc) is 2.85. The first-order valence-corrected chi connectivity index (χ1v) is 13.0. The maximum atomic E-state index is 13.2. The van der Waals surface area contributed by atoms with Gasteiger partial charge in [0.1, 0.15) is 0 Å². The van der Waals surface area contributed by atoms with E-state index < -0.39 is 0 Å². The number of benzene rings is 1. The molecule has 2 fully saturated rings. The highest BCUT2D eigenvalue weighted by atomic mass is 32.2. The van der Waals surface area contributed by atoms with Crippen molar-refractivity contribution in [2.24, 2.45) is 5.92 Å².